The van der Waals surface area contributed by atoms with Crippen molar-refractivity contribution in [2.45, 2.75) is 32.2 Å². The van der Waals surface area contributed by atoms with Crippen molar-refractivity contribution in [3.8, 4) is 0 Å². The molecular formula is C10H18BrNOS. The van der Waals surface area contributed by atoms with Gasteiger partial charge in [0.25, 0.3) is 0 Å². The topological polar surface area (TPSA) is 29.1 Å². The fraction of sp³-hybridized carbons (Fsp3) is 0.900. The summed E-state index contributed by atoms with van der Waals surface area (Å²) < 4.78 is 0. The van der Waals surface area contributed by atoms with Crippen LogP contribution in [0.4, 0.5) is 0 Å². The van der Waals surface area contributed by atoms with Gasteiger partial charge in [-0.15, -0.1) is 0 Å². The average Bonchev–Trinajstić information content (AvgIpc) is 2.45. The van der Waals surface area contributed by atoms with Gasteiger partial charge in [0.15, 0.2) is 0 Å². The minimum Gasteiger partial charge on any atom is -0.353 e. The van der Waals surface area contributed by atoms with Crippen molar-refractivity contribution in [3.63, 3.8) is 0 Å². The summed E-state index contributed by atoms with van der Waals surface area (Å²) in [4.78, 5) is 11.8. The predicted octanol–water partition coefficient (Wildman–Crippen LogP) is 2.42. The molecular weight excluding hydrogens is 262 g/mol. The van der Waals surface area contributed by atoms with E-state index in [1.165, 1.54) is 12.2 Å². The molecule has 0 bridgehead atoms. The molecule has 14 heavy (non-hydrogen) atoms. The normalized spacial score (nSPS) is 25.1. The van der Waals surface area contributed by atoms with Gasteiger partial charge in [0, 0.05) is 17.3 Å². The molecule has 0 radical (unpaired) electrons. The summed E-state index contributed by atoms with van der Waals surface area (Å²) >= 11 is 5.34. The van der Waals surface area contributed by atoms with Crippen molar-refractivity contribution in [3.05, 3.63) is 0 Å². The Labute approximate surface area is 98.7 Å². The smallest absolute Gasteiger partial charge is 0.223 e. The van der Waals surface area contributed by atoms with E-state index in [0.29, 0.717) is 0 Å². The number of hydrogen-bond acceptors (Lipinski definition) is 2. The van der Waals surface area contributed by atoms with Gasteiger partial charge in [-0.1, -0.05) is 15.9 Å². The highest BCUT2D eigenvalue weighted by atomic mass is 79.9. The van der Waals surface area contributed by atoms with Gasteiger partial charge in [0.1, 0.15) is 0 Å². The Morgan fingerprint density at radius 1 is 1.57 bits per heavy atom. The minimum absolute atomic E-state index is 0.249. The zero-order chi connectivity index (χ0) is 10.4. The molecule has 1 rings (SSSR count). The van der Waals surface area contributed by atoms with E-state index in [4.69, 9.17) is 0 Å². The van der Waals surface area contributed by atoms with Crippen LogP contribution < -0.4 is 5.32 Å². The summed E-state index contributed by atoms with van der Waals surface area (Å²) in [7, 11) is 0. The van der Waals surface area contributed by atoms with E-state index < -0.39 is 0 Å². The van der Waals surface area contributed by atoms with Gasteiger partial charge in [-0.05, 0) is 37.7 Å². The summed E-state index contributed by atoms with van der Waals surface area (Å²) in [5.74, 6) is 2.87. The molecule has 1 aliphatic rings. The maximum absolute atomic E-state index is 11.8. The van der Waals surface area contributed by atoms with Crippen LogP contribution in [0.15, 0.2) is 0 Å². The van der Waals surface area contributed by atoms with Gasteiger partial charge in [0.2, 0.25) is 5.91 Å². The van der Waals surface area contributed by atoms with E-state index in [0.717, 1.165) is 23.9 Å². The zero-order valence-electron chi connectivity index (χ0n) is 8.59. The van der Waals surface area contributed by atoms with Crippen molar-refractivity contribution in [1.29, 1.82) is 0 Å². The summed E-state index contributed by atoms with van der Waals surface area (Å²) in [5.41, 5.74) is 0. The summed E-state index contributed by atoms with van der Waals surface area (Å²) in [5, 5.41) is 3.87. The van der Waals surface area contributed by atoms with Gasteiger partial charge in [-0.25, -0.2) is 0 Å². The van der Waals surface area contributed by atoms with Crippen molar-refractivity contribution >= 4 is 33.6 Å². The lowest BCUT2D eigenvalue weighted by atomic mass is 10.00. The molecule has 1 heterocycles. The number of amides is 1. The summed E-state index contributed by atoms with van der Waals surface area (Å²) in [6.45, 7) is 2.03. The lowest BCUT2D eigenvalue weighted by Gasteiger charge is -2.17. The molecule has 1 N–H and O–H groups in total. The number of thioether (sulfide) groups is 1. The lowest BCUT2D eigenvalue weighted by molar-refractivity contribution is -0.125. The highest BCUT2D eigenvalue weighted by Gasteiger charge is 2.20. The Kier molecular flexibility index (Phi) is 5.94. The third kappa shape index (κ3) is 4.22. The standard InChI is InChI=1S/C10H18BrNOS/c1-8(7-11)12-10(13)9-3-2-5-14-6-4-9/h8-9H,2-7H2,1H3,(H,12,13). The van der Waals surface area contributed by atoms with Crippen LogP contribution in [0.25, 0.3) is 0 Å². The van der Waals surface area contributed by atoms with Crippen LogP contribution in [-0.4, -0.2) is 28.8 Å². The third-order valence-electron chi connectivity index (χ3n) is 2.44. The monoisotopic (exact) mass is 279 g/mol. The Bertz CT molecular complexity index is 181. The van der Waals surface area contributed by atoms with Crippen LogP contribution in [0.3, 0.4) is 0 Å². The van der Waals surface area contributed by atoms with Gasteiger partial charge in [-0.2, -0.15) is 11.8 Å². The first-order valence-corrected chi connectivity index (χ1v) is 7.45. The van der Waals surface area contributed by atoms with Crippen LogP contribution in [0.5, 0.6) is 0 Å². The molecule has 0 aromatic heterocycles. The highest BCUT2D eigenvalue weighted by molar-refractivity contribution is 9.09. The van der Waals surface area contributed by atoms with E-state index in [2.05, 4.69) is 21.2 Å². The molecule has 1 fully saturated rings. The van der Waals surface area contributed by atoms with Crippen molar-refractivity contribution in [2.24, 2.45) is 5.92 Å². The zero-order valence-corrected chi connectivity index (χ0v) is 11.0. The quantitative estimate of drug-likeness (QED) is 0.804. The van der Waals surface area contributed by atoms with Crippen LogP contribution in [0.1, 0.15) is 26.2 Å². The van der Waals surface area contributed by atoms with Gasteiger partial charge >= 0.3 is 0 Å². The molecule has 0 aromatic carbocycles. The molecule has 4 heteroatoms. The lowest BCUT2D eigenvalue weighted by Crippen LogP contribution is -2.38. The van der Waals surface area contributed by atoms with Crippen LogP contribution in [-0.2, 0) is 4.79 Å². The van der Waals surface area contributed by atoms with Crippen molar-refractivity contribution < 1.29 is 4.79 Å². The van der Waals surface area contributed by atoms with Gasteiger partial charge < -0.3 is 5.32 Å². The van der Waals surface area contributed by atoms with Crippen molar-refractivity contribution in [1.82, 2.24) is 5.32 Å². The Morgan fingerprint density at radius 2 is 2.36 bits per heavy atom. The molecule has 0 aliphatic carbocycles. The van der Waals surface area contributed by atoms with E-state index >= 15 is 0 Å². The van der Waals surface area contributed by atoms with E-state index in [1.54, 1.807) is 0 Å². The Morgan fingerprint density at radius 3 is 3.07 bits per heavy atom. The maximum atomic E-state index is 11.8. The molecule has 2 unspecified atom stereocenters. The SMILES string of the molecule is CC(CBr)NC(=O)C1CCCSCC1. The number of nitrogens with one attached hydrogen (secondary N) is 1. The molecule has 0 spiro atoms. The first-order valence-electron chi connectivity index (χ1n) is 5.18. The van der Waals surface area contributed by atoms with E-state index in [9.17, 15) is 4.79 Å². The largest absolute Gasteiger partial charge is 0.353 e. The second-order valence-electron chi connectivity index (χ2n) is 3.80. The molecule has 0 aromatic rings. The Hall–Kier alpha value is 0.300. The molecule has 82 valence electrons. The van der Waals surface area contributed by atoms with Crippen LogP contribution in [0.2, 0.25) is 0 Å². The number of hydrogen-bond donors (Lipinski definition) is 1. The van der Waals surface area contributed by atoms with Crippen molar-refractivity contribution in [2.75, 3.05) is 16.8 Å². The number of halogens is 1. The molecule has 2 nitrogen and oxygen atoms in total. The minimum atomic E-state index is 0.249. The average molecular weight is 280 g/mol. The fourth-order valence-corrected chi connectivity index (χ4v) is 2.75. The van der Waals surface area contributed by atoms with Crippen LogP contribution >= 0.6 is 27.7 Å². The second kappa shape index (κ2) is 6.72. The van der Waals surface area contributed by atoms with E-state index in [-0.39, 0.29) is 17.9 Å². The molecule has 2 atom stereocenters. The first-order chi connectivity index (χ1) is 6.74. The van der Waals surface area contributed by atoms with E-state index in [1.807, 2.05) is 18.7 Å². The second-order valence-corrected chi connectivity index (χ2v) is 5.68. The third-order valence-corrected chi connectivity index (χ3v) is 4.52. The summed E-state index contributed by atoms with van der Waals surface area (Å²) in [6, 6.07) is 0.249. The Balaban J connectivity index is 2.34. The maximum Gasteiger partial charge on any atom is 0.223 e. The fourth-order valence-electron chi connectivity index (χ4n) is 1.57. The highest BCUT2D eigenvalue weighted by Crippen LogP contribution is 2.22. The summed E-state index contributed by atoms with van der Waals surface area (Å²) in [6.07, 6.45) is 3.30. The number of alkyl halides is 1. The molecule has 1 amide bonds. The number of rotatable bonds is 3. The number of carbonyl (C=O) groups excluding carboxylic acids is 1. The predicted molar refractivity (Wildman–Crippen MR) is 66.1 cm³/mol. The van der Waals surface area contributed by atoms with Crippen LogP contribution in [0, 0.1) is 5.92 Å². The molecule has 1 saturated heterocycles. The molecule has 1 aliphatic heterocycles. The van der Waals surface area contributed by atoms with Gasteiger partial charge in [0.05, 0.1) is 0 Å². The number of carbonyl (C=O) groups is 1. The molecule has 0 saturated carbocycles. The van der Waals surface area contributed by atoms with Gasteiger partial charge in [-0.3, -0.25) is 4.79 Å². The first kappa shape index (κ1) is 12.4.